The van der Waals surface area contributed by atoms with E-state index in [9.17, 15) is 4.79 Å². The van der Waals surface area contributed by atoms with Gasteiger partial charge in [0.1, 0.15) is 12.1 Å². The lowest BCUT2D eigenvalue weighted by molar-refractivity contribution is -0.116. The maximum absolute atomic E-state index is 12.4. The molecule has 0 radical (unpaired) electrons. The molecule has 0 bridgehead atoms. The predicted molar refractivity (Wildman–Crippen MR) is 123 cm³/mol. The predicted octanol–water partition coefficient (Wildman–Crippen LogP) is 3.45. The SMILES string of the molecule is Cc1nn(-c2cc(N3CCOCC3)ncn2)c(C)c1CCC(=O)Nc1ccc(Br)cc1. The molecule has 1 N–H and O–H groups in total. The summed E-state index contributed by atoms with van der Waals surface area (Å²) < 4.78 is 8.24. The molecule has 1 aromatic carbocycles. The third-order valence-corrected chi connectivity index (χ3v) is 5.89. The lowest BCUT2D eigenvalue weighted by atomic mass is 10.1. The van der Waals surface area contributed by atoms with Crippen molar-refractivity contribution in [2.24, 2.45) is 0 Å². The summed E-state index contributed by atoms with van der Waals surface area (Å²) in [4.78, 5) is 23.4. The molecule has 4 rings (SSSR count). The fraction of sp³-hybridized carbons (Fsp3) is 0.364. The molecule has 0 aliphatic carbocycles. The van der Waals surface area contributed by atoms with E-state index in [-0.39, 0.29) is 5.91 Å². The Hall–Kier alpha value is -2.78. The van der Waals surface area contributed by atoms with E-state index in [1.807, 2.05) is 48.9 Å². The van der Waals surface area contributed by atoms with Crippen LogP contribution in [0.25, 0.3) is 5.82 Å². The number of carbonyl (C=O) groups excluding carboxylic acids is 1. The van der Waals surface area contributed by atoms with Crippen molar-refractivity contribution in [3.05, 3.63) is 58.1 Å². The van der Waals surface area contributed by atoms with Gasteiger partial charge in [0.15, 0.2) is 5.82 Å². The molecule has 162 valence electrons. The van der Waals surface area contributed by atoms with E-state index < -0.39 is 0 Å². The van der Waals surface area contributed by atoms with Crippen molar-refractivity contribution in [3.63, 3.8) is 0 Å². The third kappa shape index (κ3) is 5.11. The Morgan fingerprint density at radius 1 is 1.13 bits per heavy atom. The summed E-state index contributed by atoms with van der Waals surface area (Å²) in [5.74, 6) is 1.57. The number of aromatic nitrogens is 4. The highest BCUT2D eigenvalue weighted by molar-refractivity contribution is 9.10. The number of nitrogens with zero attached hydrogens (tertiary/aromatic N) is 5. The zero-order valence-electron chi connectivity index (χ0n) is 17.6. The summed E-state index contributed by atoms with van der Waals surface area (Å²) >= 11 is 3.40. The molecule has 3 aromatic rings. The largest absolute Gasteiger partial charge is 0.378 e. The topological polar surface area (TPSA) is 85.2 Å². The fourth-order valence-electron chi connectivity index (χ4n) is 3.67. The number of nitrogens with one attached hydrogen (secondary N) is 1. The Morgan fingerprint density at radius 2 is 1.84 bits per heavy atom. The van der Waals surface area contributed by atoms with Gasteiger partial charge in [0.05, 0.1) is 18.9 Å². The van der Waals surface area contributed by atoms with Gasteiger partial charge in [-0.05, 0) is 50.1 Å². The van der Waals surface area contributed by atoms with E-state index in [2.05, 4.69) is 41.2 Å². The van der Waals surface area contributed by atoms with E-state index in [1.54, 1.807) is 6.33 Å². The number of benzene rings is 1. The summed E-state index contributed by atoms with van der Waals surface area (Å²) in [7, 11) is 0. The molecule has 1 aliphatic heterocycles. The number of morpholine rings is 1. The van der Waals surface area contributed by atoms with Crippen LogP contribution < -0.4 is 10.2 Å². The van der Waals surface area contributed by atoms with Crippen molar-refractivity contribution in [2.45, 2.75) is 26.7 Å². The van der Waals surface area contributed by atoms with Crippen LogP contribution in [0.3, 0.4) is 0 Å². The second kappa shape index (κ2) is 9.57. The highest BCUT2D eigenvalue weighted by Crippen LogP contribution is 2.21. The molecule has 1 aliphatic rings. The molecule has 0 unspecified atom stereocenters. The number of aryl methyl sites for hydroxylation is 1. The average Bonchev–Trinajstić information content (AvgIpc) is 3.08. The van der Waals surface area contributed by atoms with Crippen molar-refractivity contribution in [1.82, 2.24) is 19.7 Å². The lowest BCUT2D eigenvalue weighted by Gasteiger charge is -2.27. The van der Waals surface area contributed by atoms with Crippen molar-refractivity contribution < 1.29 is 9.53 Å². The second-order valence-corrected chi connectivity index (χ2v) is 8.37. The Labute approximate surface area is 189 Å². The zero-order chi connectivity index (χ0) is 21.8. The highest BCUT2D eigenvalue weighted by atomic mass is 79.9. The van der Waals surface area contributed by atoms with Gasteiger partial charge < -0.3 is 15.0 Å². The molecule has 0 spiro atoms. The van der Waals surface area contributed by atoms with Crippen LogP contribution in [0.15, 0.2) is 41.1 Å². The Bertz CT molecular complexity index is 1060. The Morgan fingerprint density at radius 3 is 2.58 bits per heavy atom. The molecule has 0 atom stereocenters. The molecule has 8 nitrogen and oxygen atoms in total. The molecule has 9 heteroatoms. The molecule has 0 saturated carbocycles. The number of anilines is 2. The van der Waals surface area contributed by atoms with E-state index in [4.69, 9.17) is 4.74 Å². The van der Waals surface area contributed by atoms with Gasteiger partial charge in [-0.2, -0.15) is 5.10 Å². The Balaban J connectivity index is 1.46. The molecular weight excluding hydrogens is 460 g/mol. The number of ether oxygens (including phenoxy) is 1. The highest BCUT2D eigenvalue weighted by Gasteiger charge is 2.17. The first kappa shape index (κ1) is 21.5. The van der Waals surface area contributed by atoms with Crippen LogP contribution >= 0.6 is 15.9 Å². The summed E-state index contributed by atoms with van der Waals surface area (Å²) in [6.45, 7) is 7.00. The minimum atomic E-state index is -0.0227. The van der Waals surface area contributed by atoms with Gasteiger partial charge in [-0.15, -0.1) is 0 Å². The van der Waals surface area contributed by atoms with Crippen molar-refractivity contribution in [3.8, 4) is 5.82 Å². The molecule has 1 fully saturated rings. The lowest BCUT2D eigenvalue weighted by Crippen LogP contribution is -2.36. The van der Waals surface area contributed by atoms with E-state index in [0.717, 1.165) is 51.8 Å². The van der Waals surface area contributed by atoms with Gasteiger partial charge in [0.2, 0.25) is 5.91 Å². The van der Waals surface area contributed by atoms with Gasteiger partial charge in [0, 0.05) is 41.4 Å². The molecule has 3 heterocycles. The zero-order valence-corrected chi connectivity index (χ0v) is 19.2. The number of rotatable bonds is 6. The maximum Gasteiger partial charge on any atom is 0.224 e. The molecule has 1 amide bonds. The standard InChI is InChI=1S/C22H25BrN6O2/c1-15-19(7-8-22(30)26-18-5-3-17(23)4-6-18)16(2)29(27-15)21-13-20(24-14-25-21)28-9-11-31-12-10-28/h3-6,13-14H,7-12H2,1-2H3,(H,26,30). The molecule has 1 saturated heterocycles. The smallest absolute Gasteiger partial charge is 0.224 e. The number of hydrogen-bond acceptors (Lipinski definition) is 6. The van der Waals surface area contributed by atoms with Crippen LogP contribution in [0.5, 0.6) is 0 Å². The quantitative estimate of drug-likeness (QED) is 0.576. The van der Waals surface area contributed by atoms with Crippen LogP contribution in [0.2, 0.25) is 0 Å². The van der Waals surface area contributed by atoms with Crippen LogP contribution in [-0.2, 0) is 16.0 Å². The van der Waals surface area contributed by atoms with Gasteiger partial charge >= 0.3 is 0 Å². The third-order valence-electron chi connectivity index (χ3n) is 5.36. The Kier molecular flexibility index (Phi) is 6.62. The normalized spacial score (nSPS) is 14.0. The summed E-state index contributed by atoms with van der Waals surface area (Å²) in [5.41, 5.74) is 3.74. The first-order valence-corrected chi connectivity index (χ1v) is 11.1. The van der Waals surface area contributed by atoms with Crippen molar-refractivity contribution >= 4 is 33.3 Å². The van der Waals surface area contributed by atoms with Crippen LogP contribution in [-0.4, -0.2) is 52.0 Å². The minimum absolute atomic E-state index is 0.0227. The number of halogens is 1. The molecule has 31 heavy (non-hydrogen) atoms. The first-order valence-electron chi connectivity index (χ1n) is 10.3. The van der Waals surface area contributed by atoms with E-state index in [1.165, 1.54) is 0 Å². The van der Waals surface area contributed by atoms with Crippen molar-refractivity contribution in [2.75, 3.05) is 36.5 Å². The van der Waals surface area contributed by atoms with Gasteiger partial charge in [0.25, 0.3) is 0 Å². The first-order chi connectivity index (χ1) is 15.0. The maximum atomic E-state index is 12.4. The summed E-state index contributed by atoms with van der Waals surface area (Å²) in [6, 6.07) is 9.51. The second-order valence-electron chi connectivity index (χ2n) is 7.45. The number of hydrogen-bond donors (Lipinski definition) is 1. The van der Waals surface area contributed by atoms with Gasteiger partial charge in [-0.25, -0.2) is 14.6 Å². The van der Waals surface area contributed by atoms with Crippen LogP contribution in [0.4, 0.5) is 11.5 Å². The minimum Gasteiger partial charge on any atom is -0.378 e. The monoisotopic (exact) mass is 484 g/mol. The summed E-state index contributed by atoms with van der Waals surface area (Å²) in [6.07, 6.45) is 2.57. The van der Waals surface area contributed by atoms with E-state index >= 15 is 0 Å². The van der Waals surface area contributed by atoms with Gasteiger partial charge in [-0.1, -0.05) is 15.9 Å². The summed E-state index contributed by atoms with van der Waals surface area (Å²) in [5, 5.41) is 7.62. The van der Waals surface area contributed by atoms with Crippen molar-refractivity contribution in [1.29, 1.82) is 0 Å². The average molecular weight is 485 g/mol. The number of amides is 1. The van der Waals surface area contributed by atoms with Crippen LogP contribution in [0, 0.1) is 13.8 Å². The number of carbonyl (C=O) groups is 1. The van der Waals surface area contributed by atoms with Crippen LogP contribution in [0.1, 0.15) is 23.4 Å². The molecule has 2 aromatic heterocycles. The van der Waals surface area contributed by atoms with Gasteiger partial charge in [-0.3, -0.25) is 4.79 Å². The molecular formula is C22H25BrN6O2. The van der Waals surface area contributed by atoms with E-state index in [0.29, 0.717) is 26.1 Å². The fourth-order valence-corrected chi connectivity index (χ4v) is 3.94.